The fraction of sp³-hybridized carbons (Fsp3) is 0.233. The van der Waals surface area contributed by atoms with E-state index in [1.165, 1.54) is 40.2 Å². The molecular weight excluding hydrogens is 633 g/mol. The molecule has 0 saturated carbocycles. The number of benzene rings is 3. The lowest BCUT2D eigenvalue weighted by Gasteiger charge is -2.22. The SMILES string of the molecule is CC(C)c1ccc(Cl)cc1N1C(=O)CSC1=NC(=O)NOC(C)c1ccc(-c2ncn(-c3ccc(OC(F)(F)F)cc3)n2)cc1. The fourth-order valence-electron chi connectivity index (χ4n) is 4.42. The van der Waals surface area contributed by atoms with Crippen LogP contribution in [0.25, 0.3) is 17.1 Å². The van der Waals surface area contributed by atoms with Crippen LogP contribution in [0.15, 0.2) is 78.0 Å². The van der Waals surface area contributed by atoms with Gasteiger partial charge in [-0.25, -0.2) is 19.9 Å². The smallest absolute Gasteiger partial charge is 0.406 e. The number of ether oxygens (including phenoxy) is 1. The molecule has 0 spiro atoms. The Morgan fingerprint density at radius 1 is 1.07 bits per heavy atom. The van der Waals surface area contributed by atoms with Gasteiger partial charge < -0.3 is 4.74 Å². The van der Waals surface area contributed by atoms with Crippen LogP contribution in [0.3, 0.4) is 0 Å². The number of urea groups is 1. The van der Waals surface area contributed by atoms with E-state index in [2.05, 4.69) is 25.3 Å². The monoisotopic (exact) mass is 658 g/mol. The highest BCUT2D eigenvalue weighted by molar-refractivity contribution is 8.15. The molecule has 1 aromatic heterocycles. The molecule has 45 heavy (non-hydrogen) atoms. The second-order valence-electron chi connectivity index (χ2n) is 10.1. The van der Waals surface area contributed by atoms with Crippen molar-refractivity contribution in [2.75, 3.05) is 10.7 Å². The van der Waals surface area contributed by atoms with E-state index in [1.54, 1.807) is 43.3 Å². The minimum atomic E-state index is -4.77. The number of carbonyl (C=O) groups excluding carboxylic acids is 2. The van der Waals surface area contributed by atoms with Crippen LogP contribution in [-0.2, 0) is 9.63 Å². The number of halogens is 4. The van der Waals surface area contributed by atoms with Gasteiger partial charge in [0.25, 0.3) is 0 Å². The molecule has 1 fully saturated rings. The summed E-state index contributed by atoms with van der Waals surface area (Å²) >= 11 is 7.36. The maximum Gasteiger partial charge on any atom is 0.573 e. The number of hydrogen-bond donors (Lipinski definition) is 1. The molecule has 2 heterocycles. The minimum Gasteiger partial charge on any atom is -0.406 e. The molecule has 3 amide bonds. The van der Waals surface area contributed by atoms with Crippen molar-refractivity contribution >= 4 is 46.2 Å². The largest absolute Gasteiger partial charge is 0.573 e. The summed E-state index contributed by atoms with van der Waals surface area (Å²) in [5.74, 6) is 0.0849. The van der Waals surface area contributed by atoms with Crippen LogP contribution in [0.1, 0.15) is 43.9 Å². The molecule has 0 bridgehead atoms. The highest BCUT2D eigenvalue weighted by atomic mass is 35.5. The normalized spacial score (nSPS) is 15.2. The Bertz CT molecular complexity index is 1730. The summed E-state index contributed by atoms with van der Waals surface area (Å²) in [4.78, 5) is 40.7. The maximum absolute atomic E-state index is 12.7. The number of thioether (sulfide) groups is 1. The van der Waals surface area contributed by atoms with Crippen LogP contribution < -0.4 is 15.1 Å². The zero-order valence-electron chi connectivity index (χ0n) is 24.1. The van der Waals surface area contributed by atoms with Crippen molar-refractivity contribution in [3.63, 3.8) is 0 Å². The number of rotatable bonds is 8. The Balaban J connectivity index is 1.20. The Morgan fingerprint density at radius 2 is 1.78 bits per heavy atom. The van der Waals surface area contributed by atoms with Gasteiger partial charge in [-0.05, 0) is 60.4 Å². The van der Waals surface area contributed by atoms with Crippen molar-refractivity contribution in [2.24, 2.45) is 4.99 Å². The summed E-state index contributed by atoms with van der Waals surface area (Å²) in [5.41, 5.74) is 5.72. The molecule has 3 aromatic carbocycles. The Kier molecular flexibility index (Phi) is 9.46. The van der Waals surface area contributed by atoms with Crippen molar-refractivity contribution in [1.82, 2.24) is 20.2 Å². The highest BCUT2D eigenvalue weighted by Crippen LogP contribution is 2.35. The van der Waals surface area contributed by atoms with Crippen LogP contribution in [-0.4, -0.2) is 44.0 Å². The predicted molar refractivity (Wildman–Crippen MR) is 164 cm³/mol. The van der Waals surface area contributed by atoms with E-state index in [1.807, 2.05) is 19.9 Å². The van der Waals surface area contributed by atoms with Gasteiger partial charge in [0.1, 0.15) is 18.2 Å². The zero-order valence-corrected chi connectivity index (χ0v) is 25.7. The first-order valence-electron chi connectivity index (χ1n) is 13.6. The first-order valence-corrected chi connectivity index (χ1v) is 14.9. The molecule has 1 atom stereocenters. The minimum absolute atomic E-state index is 0.107. The molecule has 1 aliphatic rings. The standard InChI is InChI=1S/C30H26ClF3N6O4S/c1-17(2)24-13-8-21(31)14-25(24)40-26(41)15-45-29(40)36-28(42)38-44-18(3)19-4-6-20(7-5-19)27-35-16-39(37-27)22-9-11-23(12-10-22)43-30(32,33)34/h4-14,16-18H,15H2,1-3H3,(H,38,42). The average Bonchev–Trinajstić information content (AvgIpc) is 3.62. The number of nitrogens with zero attached hydrogens (tertiary/aromatic N) is 5. The second-order valence-corrected chi connectivity index (χ2v) is 11.5. The lowest BCUT2D eigenvalue weighted by Crippen LogP contribution is -2.32. The number of amidine groups is 1. The summed E-state index contributed by atoms with van der Waals surface area (Å²) in [7, 11) is 0. The number of hydrogen-bond acceptors (Lipinski definition) is 7. The first kappa shape index (κ1) is 32.0. The number of carbonyl (C=O) groups is 2. The number of nitrogens with one attached hydrogen (secondary N) is 1. The third-order valence-corrected chi connectivity index (χ3v) is 7.76. The maximum atomic E-state index is 12.7. The summed E-state index contributed by atoms with van der Waals surface area (Å²) in [6.07, 6.45) is -3.88. The summed E-state index contributed by atoms with van der Waals surface area (Å²) in [6, 6.07) is 16.9. The lowest BCUT2D eigenvalue weighted by molar-refractivity contribution is -0.274. The molecule has 15 heteroatoms. The molecule has 5 rings (SSSR count). The van der Waals surface area contributed by atoms with Gasteiger partial charge in [-0.2, -0.15) is 4.99 Å². The van der Waals surface area contributed by atoms with E-state index < -0.39 is 18.5 Å². The fourth-order valence-corrected chi connectivity index (χ4v) is 5.45. The van der Waals surface area contributed by atoms with E-state index in [-0.39, 0.29) is 28.5 Å². The Hall–Kier alpha value is -4.40. The lowest BCUT2D eigenvalue weighted by atomic mass is 10.0. The molecule has 0 aliphatic carbocycles. The summed E-state index contributed by atoms with van der Waals surface area (Å²) < 4.78 is 42.5. The summed E-state index contributed by atoms with van der Waals surface area (Å²) in [6.45, 7) is 5.73. The van der Waals surface area contributed by atoms with Gasteiger partial charge in [-0.15, -0.1) is 18.3 Å². The van der Waals surface area contributed by atoms with E-state index in [0.717, 1.165) is 22.9 Å². The third kappa shape index (κ3) is 7.82. The van der Waals surface area contributed by atoms with Crippen LogP contribution in [0.2, 0.25) is 5.02 Å². The number of anilines is 1. The van der Waals surface area contributed by atoms with Crippen molar-refractivity contribution in [3.05, 3.63) is 89.2 Å². The topological polar surface area (TPSA) is 111 Å². The van der Waals surface area contributed by atoms with Gasteiger partial charge in [0, 0.05) is 10.6 Å². The first-order chi connectivity index (χ1) is 21.4. The third-order valence-electron chi connectivity index (χ3n) is 6.61. The molecule has 234 valence electrons. The van der Waals surface area contributed by atoms with Crippen molar-refractivity contribution in [2.45, 2.75) is 39.2 Å². The second kappa shape index (κ2) is 13.3. The van der Waals surface area contributed by atoms with Crippen LogP contribution in [0.5, 0.6) is 5.75 Å². The molecule has 1 unspecified atom stereocenters. The number of aromatic nitrogens is 3. The van der Waals surface area contributed by atoms with Crippen LogP contribution >= 0.6 is 23.4 Å². The van der Waals surface area contributed by atoms with Crippen molar-refractivity contribution < 1.29 is 32.3 Å². The molecule has 4 aromatic rings. The Morgan fingerprint density at radius 3 is 2.44 bits per heavy atom. The molecule has 1 aliphatic heterocycles. The molecule has 1 N–H and O–H groups in total. The van der Waals surface area contributed by atoms with E-state index >= 15 is 0 Å². The number of alkyl halides is 3. The average molecular weight is 659 g/mol. The molecule has 0 radical (unpaired) electrons. The van der Waals surface area contributed by atoms with Gasteiger partial charge in [0.2, 0.25) is 5.91 Å². The molecular formula is C30H26ClF3N6O4S. The van der Waals surface area contributed by atoms with E-state index in [9.17, 15) is 22.8 Å². The van der Waals surface area contributed by atoms with Crippen LogP contribution in [0, 0.1) is 0 Å². The van der Waals surface area contributed by atoms with E-state index in [0.29, 0.717) is 27.8 Å². The molecule has 10 nitrogen and oxygen atoms in total. The number of hydroxylamine groups is 1. The zero-order chi connectivity index (χ0) is 32.3. The number of amides is 3. The van der Waals surface area contributed by atoms with Crippen molar-refractivity contribution in [1.29, 1.82) is 0 Å². The van der Waals surface area contributed by atoms with Gasteiger partial charge in [0.15, 0.2) is 11.0 Å². The van der Waals surface area contributed by atoms with Gasteiger partial charge in [-0.1, -0.05) is 67.5 Å². The highest BCUT2D eigenvalue weighted by Gasteiger charge is 2.33. The molecule has 1 saturated heterocycles. The number of aliphatic imine (C=N–C) groups is 1. The van der Waals surface area contributed by atoms with Gasteiger partial charge in [-0.3, -0.25) is 14.5 Å². The Labute approximate surface area is 265 Å². The summed E-state index contributed by atoms with van der Waals surface area (Å²) in [5, 5.41) is 5.08. The quantitative estimate of drug-likeness (QED) is 0.196. The van der Waals surface area contributed by atoms with Crippen molar-refractivity contribution in [3.8, 4) is 22.8 Å². The van der Waals surface area contributed by atoms with Gasteiger partial charge >= 0.3 is 12.4 Å². The van der Waals surface area contributed by atoms with E-state index in [4.69, 9.17) is 16.4 Å². The predicted octanol–water partition coefficient (Wildman–Crippen LogP) is 7.45. The van der Waals surface area contributed by atoms with Gasteiger partial charge in [0.05, 0.1) is 17.1 Å². The van der Waals surface area contributed by atoms with Crippen LogP contribution in [0.4, 0.5) is 23.7 Å².